The van der Waals surface area contributed by atoms with Crippen molar-refractivity contribution in [3.8, 4) is 22.3 Å². The van der Waals surface area contributed by atoms with Gasteiger partial charge in [-0.15, -0.1) is 0 Å². The van der Waals surface area contributed by atoms with Gasteiger partial charge in [-0.3, -0.25) is 4.79 Å². The summed E-state index contributed by atoms with van der Waals surface area (Å²) >= 11 is 0. The lowest BCUT2D eigenvalue weighted by molar-refractivity contribution is 0.0964. The van der Waals surface area contributed by atoms with Crippen LogP contribution in [0.25, 0.3) is 33.2 Å². The molecule has 1 heterocycles. The molecule has 0 aliphatic carbocycles. The molecule has 3 heteroatoms. The summed E-state index contributed by atoms with van der Waals surface area (Å²) < 4.78 is 0. The molecule has 0 spiro atoms. The van der Waals surface area contributed by atoms with Gasteiger partial charge in [0, 0.05) is 22.2 Å². The molecule has 0 saturated carbocycles. The first-order valence-corrected chi connectivity index (χ1v) is 12.3. The summed E-state index contributed by atoms with van der Waals surface area (Å²) in [5.41, 5.74) is 8.69. The van der Waals surface area contributed by atoms with Crippen molar-refractivity contribution >= 4 is 16.8 Å². The van der Waals surface area contributed by atoms with Crippen LogP contribution in [0.2, 0.25) is 0 Å². The second kappa shape index (κ2) is 10.2. The summed E-state index contributed by atoms with van der Waals surface area (Å²) in [6.07, 6.45) is 5.67. The van der Waals surface area contributed by atoms with Gasteiger partial charge < -0.3 is 10.3 Å². The van der Waals surface area contributed by atoms with E-state index in [0.29, 0.717) is 11.4 Å². The first-order chi connectivity index (χ1) is 17.1. The number of hydrogen-bond acceptors (Lipinski definition) is 1. The van der Waals surface area contributed by atoms with E-state index >= 15 is 0 Å². The molecule has 0 atom stereocenters. The summed E-state index contributed by atoms with van der Waals surface area (Å²) in [7, 11) is 0. The number of aromatic amines is 1. The predicted octanol–water partition coefficient (Wildman–Crippen LogP) is 8.57. The van der Waals surface area contributed by atoms with Crippen LogP contribution in [0.15, 0.2) is 109 Å². The van der Waals surface area contributed by atoms with E-state index in [-0.39, 0.29) is 11.3 Å². The summed E-state index contributed by atoms with van der Waals surface area (Å²) in [5.74, 6) is -0.215. The number of rotatable bonds is 6. The van der Waals surface area contributed by atoms with E-state index in [1.807, 2.05) is 56.3 Å². The minimum Gasteiger partial charge on any atom is -0.350 e. The third kappa shape index (κ3) is 5.58. The van der Waals surface area contributed by atoms with Gasteiger partial charge in [0.25, 0.3) is 5.91 Å². The van der Waals surface area contributed by atoms with Crippen molar-refractivity contribution in [2.45, 2.75) is 40.0 Å². The molecule has 0 radical (unpaired) electrons. The van der Waals surface area contributed by atoms with E-state index in [0.717, 1.165) is 33.2 Å². The van der Waals surface area contributed by atoms with Crippen LogP contribution in [0.3, 0.4) is 0 Å². The number of aromatic nitrogens is 1. The normalized spacial score (nSPS) is 11.6. The van der Waals surface area contributed by atoms with Gasteiger partial charge in [0.1, 0.15) is 5.69 Å². The molecule has 0 aliphatic rings. The zero-order chi connectivity index (χ0) is 25.9. The molecule has 182 valence electrons. The van der Waals surface area contributed by atoms with Crippen LogP contribution in [0.5, 0.6) is 0 Å². The maximum absolute atomic E-state index is 13.3. The van der Waals surface area contributed by atoms with Gasteiger partial charge in [0.15, 0.2) is 0 Å². The van der Waals surface area contributed by atoms with Crippen molar-refractivity contribution < 1.29 is 4.79 Å². The number of nitrogens with one attached hydrogen (secondary N) is 2. The Morgan fingerprint density at radius 1 is 0.889 bits per heavy atom. The van der Waals surface area contributed by atoms with Crippen LogP contribution < -0.4 is 5.32 Å². The molecule has 0 bridgehead atoms. The van der Waals surface area contributed by atoms with Gasteiger partial charge in [0.05, 0.1) is 0 Å². The van der Waals surface area contributed by atoms with Crippen LogP contribution in [-0.2, 0) is 5.41 Å². The van der Waals surface area contributed by atoms with Crippen molar-refractivity contribution in [2.24, 2.45) is 0 Å². The highest BCUT2D eigenvalue weighted by atomic mass is 16.1. The molecule has 3 nitrogen and oxygen atoms in total. The molecule has 0 fully saturated rings. The molecular weight excluding hydrogens is 440 g/mol. The smallest absolute Gasteiger partial charge is 0.272 e. The van der Waals surface area contributed by atoms with Crippen LogP contribution in [0, 0.1) is 0 Å². The second-order valence-corrected chi connectivity index (χ2v) is 10.4. The maximum Gasteiger partial charge on any atom is 0.272 e. The van der Waals surface area contributed by atoms with Gasteiger partial charge in [-0.1, -0.05) is 106 Å². The van der Waals surface area contributed by atoms with Crippen LogP contribution >= 0.6 is 0 Å². The van der Waals surface area contributed by atoms with Gasteiger partial charge in [-0.25, -0.2) is 0 Å². The number of carbonyl (C=O) groups is 1. The number of hydrogen-bond donors (Lipinski definition) is 2. The van der Waals surface area contributed by atoms with E-state index in [1.165, 1.54) is 11.1 Å². The van der Waals surface area contributed by atoms with Crippen molar-refractivity contribution in [1.82, 2.24) is 10.3 Å². The van der Waals surface area contributed by atoms with Crippen molar-refractivity contribution in [2.75, 3.05) is 0 Å². The average molecular weight is 475 g/mol. The van der Waals surface area contributed by atoms with E-state index in [2.05, 4.69) is 80.1 Å². The van der Waals surface area contributed by atoms with Gasteiger partial charge in [-0.05, 0) is 59.7 Å². The first-order valence-electron chi connectivity index (χ1n) is 12.3. The van der Waals surface area contributed by atoms with Crippen LogP contribution in [0.1, 0.15) is 50.7 Å². The van der Waals surface area contributed by atoms with E-state index in [4.69, 9.17) is 0 Å². The molecule has 0 saturated heterocycles. The quantitative estimate of drug-likeness (QED) is 0.270. The largest absolute Gasteiger partial charge is 0.350 e. The average Bonchev–Trinajstić information content (AvgIpc) is 3.23. The summed E-state index contributed by atoms with van der Waals surface area (Å²) in [4.78, 5) is 16.7. The molecule has 3 aromatic carbocycles. The summed E-state index contributed by atoms with van der Waals surface area (Å²) in [6, 6.07) is 25.1. The summed E-state index contributed by atoms with van der Waals surface area (Å²) in [5, 5.41) is 3.94. The van der Waals surface area contributed by atoms with Crippen LogP contribution in [0.4, 0.5) is 0 Å². The third-order valence-corrected chi connectivity index (χ3v) is 6.17. The van der Waals surface area contributed by atoms with Gasteiger partial charge >= 0.3 is 0 Å². The number of H-pyrrole nitrogens is 1. The van der Waals surface area contributed by atoms with Crippen molar-refractivity contribution in [3.63, 3.8) is 0 Å². The zero-order valence-electron chi connectivity index (χ0n) is 21.8. The molecular formula is C33H34N2O. The SMILES string of the molecule is C=C(/C=C\C=C(C)C)NC(=O)c1[nH]c2ccc(-c3ccc(C(C)(C)C)cc3)cc2c1-c1ccccc1. The minimum absolute atomic E-state index is 0.108. The first kappa shape index (κ1) is 25.0. The highest BCUT2D eigenvalue weighted by Gasteiger charge is 2.20. The Labute approximate surface area is 214 Å². The number of allylic oxidation sites excluding steroid dienone is 4. The molecule has 1 aromatic heterocycles. The molecule has 4 aromatic rings. The fraction of sp³-hybridized carbons (Fsp3) is 0.182. The Morgan fingerprint density at radius 3 is 2.19 bits per heavy atom. The molecule has 36 heavy (non-hydrogen) atoms. The highest BCUT2D eigenvalue weighted by molar-refractivity contribution is 6.11. The maximum atomic E-state index is 13.3. The molecule has 0 unspecified atom stereocenters. The van der Waals surface area contributed by atoms with E-state index in [9.17, 15) is 4.79 Å². The Balaban J connectivity index is 1.76. The summed E-state index contributed by atoms with van der Waals surface area (Å²) in [6.45, 7) is 14.7. The lowest BCUT2D eigenvalue weighted by Gasteiger charge is -2.19. The molecule has 0 aliphatic heterocycles. The molecule has 1 amide bonds. The third-order valence-electron chi connectivity index (χ3n) is 6.17. The Morgan fingerprint density at radius 2 is 1.56 bits per heavy atom. The topological polar surface area (TPSA) is 44.9 Å². The van der Waals surface area contributed by atoms with Crippen molar-refractivity contribution in [3.05, 3.63) is 120 Å². The standard InChI is InChI=1S/C33H34N2O/c1-22(2)11-10-12-23(3)34-32(36)31-30(25-13-8-7-9-14-25)28-21-26(17-20-29(28)35-31)24-15-18-27(19-16-24)33(4,5)6/h7-21,35H,3H2,1-2,4-6H3,(H,34,36)/b12-10-. The van der Waals surface area contributed by atoms with E-state index in [1.54, 1.807) is 6.08 Å². The van der Waals surface area contributed by atoms with Crippen LogP contribution in [-0.4, -0.2) is 10.9 Å². The van der Waals surface area contributed by atoms with Gasteiger partial charge in [0.2, 0.25) is 0 Å². The lowest BCUT2D eigenvalue weighted by Crippen LogP contribution is -2.22. The number of carbonyl (C=O) groups excluding carboxylic acids is 1. The zero-order valence-corrected chi connectivity index (χ0v) is 21.8. The van der Waals surface area contributed by atoms with E-state index < -0.39 is 0 Å². The predicted molar refractivity (Wildman–Crippen MR) is 153 cm³/mol. The number of amides is 1. The van der Waals surface area contributed by atoms with Crippen molar-refractivity contribution in [1.29, 1.82) is 0 Å². The monoisotopic (exact) mass is 474 g/mol. The lowest BCUT2D eigenvalue weighted by atomic mass is 9.86. The Hall–Kier alpha value is -4.11. The Bertz CT molecular complexity index is 1460. The minimum atomic E-state index is -0.215. The molecule has 4 rings (SSSR count). The number of fused-ring (bicyclic) bond motifs is 1. The van der Waals surface area contributed by atoms with Gasteiger partial charge in [-0.2, -0.15) is 0 Å². The number of benzene rings is 3. The molecule has 2 N–H and O–H groups in total. The fourth-order valence-electron chi connectivity index (χ4n) is 4.22. The fourth-order valence-corrected chi connectivity index (χ4v) is 4.22. The highest BCUT2D eigenvalue weighted by Crippen LogP contribution is 2.36. The Kier molecular flexibility index (Phi) is 7.12. The second-order valence-electron chi connectivity index (χ2n) is 10.4.